The average Bonchev–Trinajstić information content (AvgIpc) is 3.14. The normalized spacial score (nSPS) is 12.5. The summed E-state index contributed by atoms with van der Waals surface area (Å²) in [5, 5.41) is 10.8. The van der Waals surface area contributed by atoms with Crippen molar-refractivity contribution in [1.29, 1.82) is 0 Å². The summed E-state index contributed by atoms with van der Waals surface area (Å²) in [6.45, 7) is -0.219. The molecule has 164 valence electrons. The van der Waals surface area contributed by atoms with Gasteiger partial charge in [0.1, 0.15) is 29.7 Å². The fourth-order valence-corrected chi connectivity index (χ4v) is 2.72. The molecule has 3 aromatic rings. The topological polar surface area (TPSA) is 79.4 Å². The van der Waals surface area contributed by atoms with Crippen LogP contribution in [0.2, 0.25) is 0 Å². The van der Waals surface area contributed by atoms with Crippen LogP contribution in [0.1, 0.15) is 17.2 Å². The Hall–Kier alpha value is -3.54. The molecule has 1 atom stereocenters. The van der Waals surface area contributed by atoms with Crippen LogP contribution in [0.25, 0.3) is 0 Å². The van der Waals surface area contributed by atoms with Gasteiger partial charge in [-0.25, -0.2) is 8.78 Å². The minimum absolute atomic E-state index is 0.00484. The summed E-state index contributed by atoms with van der Waals surface area (Å²) >= 11 is 0. The Labute approximate surface area is 171 Å². The van der Waals surface area contributed by atoms with Gasteiger partial charge < -0.3 is 24.2 Å². The van der Waals surface area contributed by atoms with Crippen LogP contribution in [0.5, 0.6) is 5.75 Å². The van der Waals surface area contributed by atoms with Gasteiger partial charge in [0, 0.05) is 11.6 Å². The number of nitro groups is 1. The number of halogens is 5. The molecule has 0 N–H and O–H groups in total. The molecular weight excluding hydrogens is 429 g/mol. The predicted molar refractivity (Wildman–Crippen MR) is 95.9 cm³/mol. The predicted octanol–water partition coefficient (Wildman–Crippen LogP) is 4.93. The lowest BCUT2D eigenvalue weighted by atomic mass is 10.1. The van der Waals surface area contributed by atoms with Gasteiger partial charge >= 0.3 is 12.2 Å². The Kier molecular flexibility index (Phi) is 6.49. The Morgan fingerprint density at radius 3 is 2.42 bits per heavy atom. The molecule has 3 rings (SSSR count). The van der Waals surface area contributed by atoms with E-state index in [1.807, 2.05) is 0 Å². The minimum atomic E-state index is -4.82. The van der Waals surface area contributed by atoms with E-state index in [0.29, 0.717) is 11.6 Å². The van der Waals surface area contributed by atoms with Gasteiger partial charge in [-0.05, 0) is 33.7 Å². The zero-order chi connectivity index (χ0) is 22.6. The van der Waals surface area contributed by atoms with Crippen LogP contribution < -0.4 is 4.74 Å². The molecule has 0 saturated heterocycles. The molecule has 0 saturated carbocycles. The zero-order valence-electron chi connectivity index (χ0n) is 15.6. The Morgan fingerprint density at radius 1 is 1.13 bits per heavy atom. The summed E-state index contributed by atoms with van der Waals surface area (Å²) in [5.74, 6) is -2.51. The standard InChI is InChI=1S/C19H14F5N3O4/c20-13-3-6-15(16(21)7-13)17(8-26-9-18(25-11-26)27(28)29)30-10-12-1-4-14(5-2-12)31-19(22,23)24/h1-7,9,11,17H,8,10H2. The molecular formula is C19H14F5N3O4. The average molecular weight is 443 g/mol. The maximum atomic E-state index is 14.3. The molecule has 12 heteroatoms. The highest BCUT2D eigenvalue weighted by Crippen LogP contribution is 2.27. The molecule has 0 spiro atoms. The highest BCUT2D eigenvalue weighted by molar-refractivity contribution is 5.27. The number of hydrogen-bond donors (Lipinski definition) is 0. The number of imidazole rings is 1. The molecule has 0 fully saturated rings. The zero-order valence-corrected chi connectivity index (χ0v) is 15.6. The van der Waals surface area contributed by atoms with Gasteiger partial charge in [0.25, 0.3) is 0 Å². The van der Waals surface area contributed by atoms with Crippen LogP contribution in [0.3, 0.4) is 0 Å². The van der Waals surface area contributed by atoms with Crippen molar-refractivity contribution in [3.05, 3.63) is 87.9 Å². The minimum Gasteiger partial charge on any atom is -0.406 e. The highest BCUT2D eigenvalue weighted by atomic mass is 19.4. The van der Waals surface area contributed by atoms with Crippen molar-refractivity contribution in [3.8, 4) is 5.75 Å². The number of rotatable bonds is 8. The molecule has 31 heavy (non-hydrogen) atoms. The van der Waals surface area contributed by atoms with E-state index in [-0.39, 0.29) is 18.7 Å². The molecule has 2 aromatic carbocycles. The summed E-state index contributed by atoms with van der Waals surface area (Å²) in [4.78, 5) is 13.7. The van der Waals surface area contributed by atoms with Gasteiger partial charge in [-0.1, -0.05) is 18.2 Å². The fraction of sp³-hybridized carbons (Fsp3) is 0.211. The molecule has 0 radical (unpaired) electrons. The smallest absolute Gasteiger partial charge is 0.406 e. The second kappa shape index (κ2) is 9.08. The molecule has 0 amide bonds. The first-order valence-corrected chi connectivity index (χ1v) is 8.68. The number of nitrogens with zero attached hydrogens (tertiary/aromatic N) is 3. The third-order valence-corrected chi connectivity index (χ3v) is 4.10. The van der Waals surface area contributed by atoms with E-state index in [1.165, 1.54) is 29.1 Å². The van der Waals surface area contributed by atoms with Crippen LogP contribution in [-0.2, 0) is 17.9 Å². The van der Waals surface area contributed by atoms with Crippen LogP contribution in [0.15, 0.2) is 55.0 Å². The van der Waals surface area contributed by atoms with Gasteiger partial charge in [-0.2, -0.15) is 0 Å². The summed E-state index contributed by atoms with van der Waals surface area (Å²) in [6, 6.07) is 7.75. The number of ether oxygens (including phenoxy) is 2. The van der Waals surface area contributed by atoms with E-state index in [9.17, 15) is 32.1 Å². The maximum Gasteiger partial charge on any atom is 0.573 e. The molecule has 0 bridgehead atoms. The summed E-state index contributed by atoms with van der Waals surface area (Å²) < 4.78 is 75.1. The number of benzene rings is 2. The van der Waals surface area contributed by atoms with E-state index in [2.05, 4.69) is 9.72 Å². The second-order valence-electron chi connectivity index (χ2n) is 6.34. The fourth-order valence-electron chi connectivity index (χ4n) is 2.72. The molecule has 7 nitrogen and oxygen atoms in total. The number of aromatic nitrogens is 2. The quantitative estimate of drug-likeness (QED) is 0.280. The molecule has 0 aliphatic rings. The van der Waals surface area contributed by atoms with Gasteiger partial charge in [0.05, 0.1) is 13.2 Å². The van der Waals surface area contributed by atoms with Crippen LogP contribution in [0.4, 0.5) is 27.8 Å². The molecule has 0 aliphatic carbocycles. The van der Waals surface area contributed by atoms with Crippen LogP contribution in [-0.4, -0.2) is 20.8 Å². The van der Waals surface area contributed by atoms with Gasteiger partial charge in [-0.15, -0.1) is 13.2 Å². The second-order valence-corrected chi connectivity index (χ2v) is 6.34. The lowest BCUT2D eigenvalue weighted by Gasteiger charge is -2.19. The van der Waals surface area contributed by atoms with E-state index in [0.717, 1.165) is 24.4 Å². The summed E-state index contributed by atoms with van der Waals surface area (Å²) in [7, 11) is 0. The van der Waals surface area contributed by atoms with Crippen molar-refractivity contribution < 1.29 is 36.3 Å². The Balaban J connectivity index is 1.77. The van der Waals surface area contributed by atoms with Crippen molar-refractivity contribution in [2.24, 2.45) is 0 Å². The highest BCUT2D eigenvalue weighted by Gasteiger charge is 2.31. The lowest BCUT2D eigenvalue weighted by Crippen LogP contribution is -2.17. The van der Waals surface area contributed by atoms with Crippen molar-refractivity contribution in [3.63, 3.8) is 0 Å². The van der Waals surface area contributed by atoms with Crippen LogP contribution in [0, 0.1) is 21.7 Å². The van der Waals surface area contributed by atoms with E-state index in [1.54, 1.807) is 0 Å². The van der Waals surface area contributed by atoms with Crippen LogP contribution >= 0.6 is 0 Å². The third-order valence-electron chi connectivity index (χ3n) is 4.10. The van der Waals surface area contributed by atoms with Crippen molar-refractivity contribution in [2.45, 2.75) is 25.6 Å². The molecule has 0 aliphatic heterocycles. The first kappa shape index (κ1) is 22.2. The number of hydrogen-bond acceptors (Lipinski definition) is 5. The van der Waals surface area contributed by atoms with Gasteiger partial charge in [0.2, 0.25) is 6.33 Å². The maximum absolute atomic E-state index is 14.3. The SMILES string of the molecule is O=[N+]([O-])c1cn(CC(OCc2ccc(OC(F)(F)F)cc2)c2ccc(F)cc2F)cn1. The molecule has 1 unspecified atom stereocenters. The van der Waals surface area contributed by atoms with Gasteiger partial charge in [0.15, 0.2) is 0 Å². The van der Waals surface area contributed by atoms with E-state index < -0.39 is 40.6 Å². The van der Waals surface area contributed by atoms with E-state index >= 15 is 0 Å². The van der Waals surface area contributed by atoms with E-state index in [4.69, 9.17) is 4.74 Å². The Bertz CT molecular complexity index is 1050. The largest absolute Gasteiger partial charge is 0.573 e. The van der Waals surface area contributed by atoms with Crippen molar-refractivity contribution >= 4 is 5.82 Å². The van der Waals surface area contributed by atoms with Crippen molar-refractivity contribution in [1.82, 2.24) is 9.55 Å². The van der Waals surface area contributed by atoms with Crippen molar-refractivity contribution in [2.75, 3.05) is 0 Å². The lowest BCUT2D eigenvalue weighted by molar-refractivity contribution is -0.389. The first-order valence-electron chi connectivity index (χ1n) is 8.68. The summed E-state index contributed by atoms with van der Waals surface area (Å²) in [5.41, 5.74) is 0.452. The monoisotopic (exact) mass is 443 g/mol. The molecule has 1 aromatic heterocycles. The van der Waals surface area contributed by atoms with Gasteiger partial charge in [-0.3, -0.25) is 0 Å². The first-order chi connectivity index (χ1) is 14.6. The number of alkyl halides is 3. The Morgan fingerprint density at radius 2 is 1.84 bits per heavy atom. The molecule has 1 heterocycles. The third kappa shape index (κ3) is 6.22. The summed E-state index contributed by atoms with van der Waals surface area (Å²) in [6.07, 6.45) is -3.53.